The minimum Gasteiger partial charge on any atom is -0.334 e. The molecule has 0 saturated carbocycles. The van der Waals surface area contributed by atoms with Gasteiger partial charge in [-0.15, -0.1) is 0 Å². The Hall–Kier alpha value is -2.36. The molecule has 0 aliphatic carbocycles. The number of hydrogen-bond donors (Lipinski definition) is 1. The highest BCUT2D eigenvalue weighted by atomic mass is 19.1. The predicted octanol–water partition coefficient (Wildman–Crippen LogP) is 3.74. The molecule has 2 aromatic rings. The number of urea groups is 1. The first-order chi connectivity index (χ1) is 11.2. The molecule has 4 heteroatoms. The SMILES string of the molecule is O=C(NCc1ccc(F)cc1)N1CCCC1Cc1ccccc1. The van der Waals surface area contributed by atoms with E-state index in [1.54, 1.807) is 12.1 Å². The average Bonchev–Trinajstić information content (AvgIpc) is 3.03. The van der Waals surface area contributed by atoms with Crippen LogP contribution in [0, 0.1) is 5.82 Å². The molecule has 0 spiro atoms. The summed E-state index contributed by atoms with van der Waals surface area (Å²) in [5, 5.41) is 2.94. The van der Waals surface area contributed by atoms with E-state index < -0.39 is 0 Å². The molecular weight excluding hydrogens is 291 g/mol. The molecule has 23 heavy (non-hydrogen) atoms. The Balaban J connectivity index is 1.56. The maximum Gasteiger partial charge on any atom is 0.317 e. The third-order valence-electron chi connectivity index (χ3n) is 4.31. The van der Waals surface area contributed by atoms with E-state index in [0.29, 0.717) is 6.54 Å². The third-order valence-corrected chi connectivity index (χ3v) is 4.31. The molecule has 1 fully saturated rings. The molecule has 2 amide bonds. The fraction of sp³-hybridized carbons (Fsp3) is 0.316. The van der Waals surface area contributed by atoms with Crippen molar-refractivity contribution >= 4 is 6.03 Å². The zero-order valence-corrected chi connectivity index (χ0v) is 13.0. The normalized spacial score (nSPS) is 17.3. The first-order valence-electron chi connectivity index (χ1n) is 8.05. The molecule has 0 radical (unpaired) electrons. The minimum atomic E-state index is -0.262. The Labute approximate surface area is 136 Å². The van der Waals surface area contributed by atoms with E-state index in [-0.39, 0.29) is 17.9 Å². The molecule has 3 nitrogen and oxygen atoms in total. The van der Waals surface area contributed by atoms with E-state index in [1.165, 1.54) is 17.7 Å². The summed E-state index contributed by atoms with van der Waals surface area (Å²) >= 11 is 0. The van der Waals surface area contributed by atoms with Crippen molar-refractivity contribution in [1.82, 2.24) is 10.2 Å². The standard InChI is InChI=1S/C19H21FN2O/c20-17-10-8-16(9-11-17)14-21-19(23)22-12-4-7-18(22)13-15-5-2-1-3-6-15/h1-3,5-6,8-11,18H,4,7,12-14H2,(H,21,23). The second-order valence-corrected chi connectivity index (χ2v) is 5.96. The lowest BCUT2D eigenvalue weighted by Crippen LogP contribution is -2.43. The van der Waals surface area contributed by atoms with E-state index in [0.717, 1.165) is 31.4 Å². The van der Waals surface area contributed by atoms with Crippen LogP contribution in [0.2, 0.25) is 0 Å². The van der Waals surface area contributed by atoms with E-state index in [4.69, 9.17) is 0 Å². The fourth-order valence-corrected chi connectivity index (χ4v) is 3.08. The molecule has 0 aromatic heterocycles. The molecule has 0 bridgehead atoms. The van der Waals surface area contributed by atoms with Crippen LogP contribution in [0.1, 0.15) is 24.0 Å². The Morgan fingerprint density at radius 2 is 1.83 bits per heavy atom. The summed E-state index contributed by atoms with van der Waals surface area (Å²) in [5.74, 6) is -0.262. The number of nitrogens with zero attached hydrogens (tertiary/aromatic N) is 1. The van der Waals surface area contributed by atoms with Gasteiger partial charge in [0.1, 0.15) is 5.82 Å². The molecule has 120 valence electrons. The Morgan fingerprint density at radius 1 is 1.09 bits per heavy atom. The second kappa shape index (κ2) is 7.27. The van der Waals surface area contributed by atoms with Gasteiger partial charge in [0, 0.05) is 19.1 Å². The van der Waals surface area contributed by atoms with Gasteiger partial charge in [0.15, 0.2) is 0 Å². The number of likely N-dealkylation sites (tertiary alicyclic amines) is 1. The fourth-order valence-electron chi connectivity index (χ4n) is 3.08. The van der Waals surface area contributed by atoms with Crippen LogP contribution in [0.25, 0.3) is 0 Å². The van der Waals surface area contributed by atoms with Gasteiger partial charge in [-0.2, -0.15) is 0 Å². The van der Waals surface area contributed by atoms with Crippen LogP contribution in [0.5, 0.6) is 0 Å². The Morgan fingerprint density at radius 3 is 2.57 bits per heavy atom. The number of halogens is 1. The lowest BCUT2D eigenvalue weighted by molar-refractivity contribution is 0.192. The van der Waals surface area contributed by atoms with Crippen molar-refractivity contribution in [1.29, 1.82) is 0 Å². The van der Waals surface area contributed by atoms with Crippen molar-refractivity contribution in [3.63, 3.8) is 0 Å². The average molecular weight is 312 g/mol. The minimum absolute atomic E-state index is 0.0345. The Kier molecular flexibility index (Phi) is 4.91. The smallest absolute Gasteiger partial charge is 0.317 e. The molecule has 1 heterocycles. The quantitative estimate of drug-likeness (QED) is 0.916. The van der Waals surface area contributed by atoms with Gasteiger partial charge in [-0.1, -0.05) is 42.5 Å². The van der Waals surface area contributed by atoms with E-state index >= 15 is 0 Å². The van der Waals surface area contributed by atoms with Gasteiger partial charge >= 0.3 is 6.03 Å². The van der Waals surface area contributed by atoms with Gasteiger partial charge in [0.25, 0.3) is 0 Å². The zero-order valence-electron chi connectivity index (χ0n) is 13.0. The van der Waals surface area contributed by atoms with Crippen LogP contribution < -0.4 is 5.32 Å². The van der Waals surface area contributed by atoms with Crippen LogP contribution in [0.3, 0.4) is 0 Å². The number of nitrogens with one attached hydrogen (secondary N) is 1. The summed E-state index contributed by atoms with van der Waals surface area (Å²) < 4.78 is 12.9. The molecule has 3 rings (SSSR count). The van der Waals surface area contributed by atoms with Crippen LogP contribution in [-0.4, -0.2) is 23.5 Å². The molecule has 1 unspecified atom stereocenters. The van der Waals surface area contributed by atoms with Crippen molar-refractivity contribution in [3.05, 3.63) is 71.5 Å². The number of amides is 2. The predicted molar refractivity (Wildman–Crippen MR) is 88.5 cm³/mol. The maximum atomic E-state index is 12.9. The van der Waals surface area contributed by atoms with Crippen molar-refractivity contribution < 1.29 is 9.18 Å². The van der Waals surface area contributed by atoms with Gasteiger partial charge < -0.3 is 10.2 Å². The third kappa shape index (κ3) is 4.09. The van der Waals surface area contributed by atoms with Gasteiger partial charge in [0.05, 0.1) is 0 Å². The first-order valence-corrected chi connectivity index (χ1v) is 8.05. The lowest BCUT2D eigenvalue weighted by atomic mass is 10.0. The summed E-state index contributed by atoms with van der Waals surface area (Å²) in [7, 11) is 0. The molecule has 1 aliphatic heterocycles. The zero-order chi connectivity index (χ0) is 16.1. The van der Waals surface area contributed by atoms with Gasteiger partial charge in [-0.25, -0.2) is 9.18 Å². The van der Waals surface area contributed by atoms with Crippen LogP contribution in [0.15, 0.2) is 54.6 Å². The topological polar surface area (TPSA) is 32.3 Å². The lowest BCUT2D eigenvalue weighted by Gasteiger charge is -2.25. The highest BCUT2D eigenvalue weighted by Gasteiger charge is 2.28. The summed E-state index contributed by atoms with van der Waals surface area (Å²) in [4.78, 5) is 14.4. The highest BCUT2D eigenvalue weighted by Crippen LogP contribution is 2.21. The highest BCUT2D eigenvalue weighted by molar-refractivity contribution is 5.74. The number of carbonyl (C=O) groups excluding carboxylic acids is 1. The summed E-state index contributed by atoms with van der Waals surface area (Å²) in [6.45, 7) is 1.22. The molecule has 1 aliphatic rings. The Bertz CT molecular complexity index is 642. The number of hydrogen-bond acceptors (Lipinski definition) is 1. The maximum absolute atomic E-state index is 12.9. The second-order valence-electron chi connectivity index (χ2n) is 5.96. The number of benzene rings is 2. The van der Waals surface area contributed by atoms with E-state index in [9.17, 15) is 9.18 Å². The van der Waals surface area contributed by atoms with Gasteiger partial charge in [-0.3, -0.25) is 0 Å². The summed E-state index contributed by atoms with van der Waals surface area (Å²) in [5.41, 5.74) is 2.16. The number of rotatable bonds is 4. The molecule has 1 N–H and O–H groups in total. The van der Waals surface area contributed by atoms with Crippen molar-refractivity contribution in [2.45, 2.75) is 31.8 Å². The molecular formula is C19H21FN2O. The van der Waals surface area contributed by atoms with Crippen molar-refractivity contribution in [2.24, 2.45) is 0 Å². The molecule has 2 aromatic carbocycles. The first kappa shape index (κ1) is 15.5. The largest absolute Gasteiger partial charge is 0.334 e. The summed E-state index contributed by atoms with van der Waals surface area (Å²) in [6.07, 6.45) is 2.98. The van der Waals surface area contributed by atoms with E-state index in [1.807, 2.05) is 23.1 Å². The van der Waals surface area contributed by atoms with Gasteiger partial charge in [-0.05, 0) is 42.5 Å². The van der Waals surface area contributed by atoms with Crippen molar-refractivity contribution in [2.75, 3.05) is 6.54 Å². The monoisotopic (exact) mass is 312 g/mol. The van der Waals surface area contributed by atoms with Crippen LogP contribution in [-0.2, 0) is 13.0 Å². The van der Waals surface area contributed by atoms with E-state index in [2.05, 4.69) is 17.4 Å². The molecule has 1 atom stereocenters. The van der Waals surface area contributed by atoms with Crippen LogP contribution in [0.4, 0.5) is 9.18 Å². The van der Waals surface area contributed by atoms with Gasteiger partial charge in [0.2, 0.25) is 0 Å². The molecule has 1 saturated heterocycles. The van der Waals surface area contributed by atoms with Crippen molar-refractivity contribution in [3.8, 4) is 0 Å². The number of carbonyl (C=O) groups is 1. The summed E-state index contributed by atoms with van der Waals surface area (Å²) in [6, 6.07) is 16.7. The van der Waals surface area contributed by atoms with Crippen LogP contribution >= 0.6 is 0 Å².